The molecule has 0 fully saturated rings. The molecule has 1 aromatic heterocycles. The van der Waals surface area contributed by atoms with E-state index >= 15 is 0 Å². The van der Waals surface area contributed by atoms with Crippen molar-refractivity contribution in [3.63, 3.8) is 0 Å². The van der Waals surface area contributed by atoms with Crippen LogP contribution in [0.3, 0.4) is 0 Å². The lowest BCUT2D eigenvalue weighted by atomic mass is 10.3. The maximum atomic E-state index is 11.3. The van der Waals surface area contributed by atoms with E-state index in [1.54, 1.807) is 6.92 Å². The van der Waals surface area contributed by atoms with Gasteiger partial charge < -0.3 is 4.74 Å². The third-order valence-electron chi connectivity index (χ3n) is 1.40. The second-order valence-electron chi connectivity index (χ2n) is 2.33. The monoisotopic (exact) mass is 358 g/mol. The van der Waals surface area contributed by atoms with Gasteiger partial charge in [0.15, 0.2) is 5.16 Å². The molecular weight excluding hydrogens is 351 g/mol. The van der Waals surface area contributed by atoms with Crippen LogP contribution in [0.2, 0.25) is 5.15 Å². The molecular formula is C8H8ClIN2O2S. The molecule has 15 heavy (non-hydrogen) atoms. The summed E-state index contributed by atoms with van der Waals surface area (Å²) in [5.74, 6) is -0.492. The summed E-state index contributed by atoms with van der Waals surface area (Å²) in [4.78, 5) is 19.3. The van der Waals surface area contributed by atoms with Crippen molar-refractivity contribution in [2.45, 2.75) is 12.1 Å². The van der Waals surface area contributed by atoms with Crippen LogP contribution in [0, 0.1) is 0 Å². The number of esters is 1. The van der Waals surface area contributed by atoms with Gasteiger partial charge in [0, 0.05) is 6.20 Å². The average molecular weight is 359 g/mol. The van der Waals surface area contributed by atoms with Crippen LogP contribution in [-0.2, 0) is 4.74 Å². The van der Waals surface area contributed by atoms with E-state index in [1.807, 2.05) is 0 Å². The molecule has 0 radical (unpaired) electrons. The number of halogens is 2. The van der Waals surface area contributed by atoms with Crippen molar-refractivity contribution in [1.82, 2.24) is 9.97 Å². The van der Waals surface area contributed by atoms with Gasteiger partial charge in [-0.25, -0.2) is 14.8 Å². The van der Waals surface area contributed by atoms with Crippen LogP contribution < -0.4 is 0 Å². The van der Waals surface area contributed by atoms with Crippen LogP contribution in [0.5, 0.6) is 0 Å². The Kier molecular flexibility index (Phi) is 5.62. The molecule has 0 saturated carbocycles. The number of ether oxygens (including phenoxy) is 1. The third-order valence-corrected chi connectivity index (χ3v) is 3.19. The first-order valence-corrected chi connectivity index (χ1v) is 6.96. The molecule has 0 N–H and O–H groups in total. The summed E-state index contributed by atoms with van der Waals surface area (Å²) in [5.41, 5.74) is 0.205. The number of aromatic nitrogens is 2. The molecule has 0 amide bonds. The number of thioether (sulfide) groups is 1. The Morgan fingerprint density at radius 2 is 2.47 bits per heavy atom. The predicted molar refractivity (Wildman–Crippen MR) is 67.7 cm³/mol. The third kappa shape index (κ3) is 3.76. The van der Waals surface area contributed by atoms with E-state index in [4.69, 9.17) is 16.3 Å². The highest BCUT2D eigenvalue weighted by Crippen LogP contribution is 2.20. The number of rotatable bonds is 4. The van der Waals surface area contributed by atoms with E-state index in [1.165, 1.54) is 18.0 Å². The summed E-state index contributed by atoms with van der Waals surface area (Å²) in [6.45, 7) is 2.03. The smallest absolute Gasteiger partial charge is 0.342 e. The Balaban J connectivity index is 2.87. The molecule has 0 aliphatic carbocycles. The molecule has 1 rings (SSSR count). The van der Waals surface area contributed by atoms with Gasteiger partial charge in [0.2, 0.25) is 0 Å². The minimum atomic E-state index is -0.492. The Morgan fingerprint density at radius 3 is 3.00 bits per heavy atom. The van der Waals surface area contributed by atoms with Crippen LogP contribution in [-0.4, -0.2) is 26.3 Å². The molecule has 0 bridgehead atoms. The first kappa shape index (κ1) is 13.0. The number of hydrogen-bond donors (Lipinski definition) is 0. The summed E-state index contributed by atoms with van der Waals surface area (Å²) in [6, 6.07) is 0. The predicted octanol–water partition coefficient (Wildman–Crippen LogP) is 2.79. The SMILES string of the molecule is CCOC(=O)c1cnc(SCI)nc1Cl. The van der Waals surface area contributed by atoms with Gasteiger partial charge in [0.05, 0.1) is 10.4 Å². The molecule has 7 heteroatoms. The van der Waals surface area contributed by atoms with Gasteiger partial charge in [0.25, 0.3) is 0 Å². The molecule has 0 spiro atoms. The zero-order valence-corrected chi connectivity index (χ0v) is 11.6. The summed E-state index contributed by atoms with van der Waals surface area (Å²) in [7, 11) is 0. The largest absolute Gasteiger partial charge is 0.462 e. The normalized spacial score (nSPS) is 10.1. The second kappa shape index (κ2) is 6.49. The Bertz CT molecular complexity index is 364. The number of carbonyl (C=O) groups excluding carboxylic acids is 1. The van der Waals surface area contributed by atoms with Crippen LogP contribution in [0.25, 0.3) is 0 Å². The fraction of sp³-hybridized carbons (Fsp3) is 0.375. The first-order chi connectivity index (χ1) is 7.19. The molecule has 1 heterocycles. The molecule has 0 unspecified atom stereocenters. The lowest BCUT2D eigenvalue weighted by Crippen LogP contribution is -2.07. The van der Waals surface area contributed by atoms with Crippen LogP contribution in [0.15, 0.2) is 11.4 Å². The zero-order chi connectivity index (χ0) is 11.3. The Morgan fingerprint density at radius 1 is 1.73 bits per heavy atom. The molecule has 82 valence electrons. The van der Waals surface area contributed by atoms with Gasteiger partial charge in [-0.15, -0.1) is 0 Å². The van der Waals surface area contributed by atoms with Gasteiger partial charge >= 0.3 is 5.97 Å². The zero-order valence-electron chi connectivity index (χ0n) is 7.87. The fourth-order valence-corrected chi connectivity index (χ4v) is 2.28. The van der Waals surface area contributed by atoms with E-state index in [2.05, 4.69) is 32.6 Å². The van der Waals surface area contributed by atoms with Gasteiger partial charge in [-0.05, 0) is 6.92 Å². The molecule has 0 atom stereocenters. The van der Waals surface area contributed by atoms with E-state index in [0.717, 1.165) is 3.76 Å². The van der Waals surface area contributed by atoms with E-state index in [0.29, 0.717) is 11.8 Å². The highest BCUT2D eigenvalue weighted by molar-refractivity contribution is 14.1. The van der Waals surface area contributed by atoms with Crippen molar-refractivity contribution < 1.29 is 9.53 Å². The van der Waals surface area contributed by atoms with Crippen LogP contribution in [0.4, 0.5) is 0 Å². The van der Waals surface area contributed by atoms with E-state index in [9.17, 15) is 4.79 Å². The average Bonchev–Trinajstić information content (AvgIpc) is 2.18. The number of hydrogen-bond acceptors (Lipinski definition) is 5. The van der Waals surface area contributed by atoms with Crippen molar-refractivity contribution in [3.8, 4) is 0 Å². The summed E-state index contributed by atoms with van der Waals surface area (Å²) >= 11 is 9.47. The standard InChI is InChI=1S/C8H8ClIN2O2S/c1-2-14-7(13)5-3-11-8(15-4-10)12-6(5)9/h3H,2,4H2,1H3. The maximum Gasteiger partial charge on any atom is 0.342 e. The lowest BCUT2D eigenvalue weighted by molar-refractivity contribution is 0.0525. The van der Waals surface area contributed by atoms with Crippen molar-refractivity contribution in [3.05, 3.63) is 16.9 Å². The molecule has 4 nitrogen and oxygen atoms in total. The maximum absolute atomic E-state index is 11.3. The number of carbonyl (C=O) groups is 1. The number of nitrogens with zero attached hydrogens (tertiary/aromatic N) is 2. The highest BCUT2D eigenvalue weighted by Gasteiger charge is 2.13. The van der Waals surface area contributed by atoms with Gasteiger partial charge in [0.1, 0.15) is 10.7 Å². The van der Waals surface area contributed by atoms with Gasteiger partial charge in [-0.1, -0.05) is 46.0 Å². The second-order valence-corrected chi connectivity index (χ2v) is 5.43. The molecule has 0 saturated heterocycles. The van der Waals surface area contributed by atoms with Crippen molar-refractivity contribution in [2.24, 2.45) is 0 Å². The van der Waals surface area contributed by atoms with Gasteiger partial charge in [-0.3, -0.25) is 0 Å². The van der Waals surface area contributed by atoms with Crippen molar-refractivity contribution >= 4 is 51.9 Å². The Hall–Kier alpha value is -0.0800. The van der Waals surface area contributed by atoms with Crippen LogP contribution in [0.1, 0.15) is 17.3 Å². The lowest BCUT2D eigenvalue weighted by Gasteiger charge is -2.03. The van der Waals surface area contributed by atoms with Crippen molar-refractivity contribution in [1.29, 1.82) is 0 Å². The van der Waals surface area contributed by atoms with Crippen LogP contribution >= 0.6 is 46.0 Å². The molecule has 1 aromatic rings. The minimum Gasteiger partial charge on any atom is -0.462 e. The molecule has 0 aliphatic rings. The first-order valence-electron chi connectivity index (χ1n) is 4.07. The Labute approximate surface area is 110 Å². The molecule has 0 aliphatic heterocycles. The number of alkyl halides is 1. The highest BCUT2D eigenvalue weighted by atomic mass is 127. The summed E-state index contributed by atoms with van der Waals surface area (Å²) in [5, 5.41) is 0.693. The van der Waals surface area contributed by atoms with E-state index in [-0.39, 0.29) is 10.7 Å². The van der Waals surface area contributed by atoms with Gasteiger partial charge in [-0.2, -0.15) is 0 Å². The fourth-order valence-electron chi connectivity index (χ4n) is 0.810. The quantitative estimate of drug-likeness (QED) is 0.207. The topological polar surface area (TPSA) is 52.1 Å². The minimum absolute atomic E-state index is 0.135. The molecule has 0 aromatic carbocycles. The van der Waals surface area contributed by atoms with E-state index < -0.39 is 5.97 Å². The van der Waals surface area contributed by atoms with Crippen molar-refractivity contribution in [2.75, 3.05) is 10.4 Å². The summed E-state index contributed by atoms with van der Waals surface area (Å²) in [6.07, 6.45) is 1.39. The summed E-state index contributed by atoms with van der Waals surface area (Å²) < 4.78 is 5.62.